The second-order valence-corrected chi connectivity index (χ2v) is 13.4. The van der Waals surface area contributed by atoms with Crippen molar-refractivity contribution in [1.29, 1.82) is 0 Å². The van der Waals surface area contributed by atoms with Gasteiger partial charge in [-0.05, 0) is 91.4 Å². The SMILES string of the molecule is COc1ccc(F)cc1[C@H](c1cc2ccccc2[nH]1)N1Cc2ccc(-c3ccc(N4CCN(C(=O)OC(C)(C)C)CC4)cc3)cc2C1=O. The Balaban J connectivity index is 1.12. The number of benzene rings is 4. The number of methoxy groups -OCH3 is 1. The van der Waals surface area contributed by atoms with Gasteiger partial charge in [0, 0.05) is 60.7 Å². The van der Waals surface area contributed by atoms with Gasteiger partial charge in [-0.15, -0.1) is 0 Å². The molecule has 7 rings (SSSR count). The summed E-state index contributed by atoms with van der Waals surface area (Å²) in [7, 11) is 1.56. The van der Waals surface area contributed by atoms with E-state index >= 15 is 0 Å². The molecule has 0 saturated carbocycles. The van der Waals surface area contributed by atoms with Crippen LogP contribution in [0, 0.1) is 5.82 Å². The Bertz CT molecular complexity index is 1960. The summed E-state index contributed by atoms with van der Waals surface area (Å²) in [5, 5.41) is 1.01. The molecule has 48 heavy (non-hydrogen) atoms. The fourth-order valence-corrected chi connectivity index (χ4v) is 6.72. The van der Waals surface area contributed by atoms with Crippen LogP contribution < -0.4 is 9.64 Å². The van der Waals surface area contributed by atoms with E-state index in [1.807, 2.05) is 69.3 Å². The van der Waals surface area contributed by atoms with Crippen LogP contribution in [0.3, 0.4) is 0 Å². The minimum atomic E-state index is -0.596. The lowest BCUT2D eigenvalue weighted by atomic mass is 9.99. The number of amides is 2. The van der Waals surface area contributed by atoms with Gasteiger partial charge < -0.3 is 29.2 Å². The predicted molar refractivity (Wildman–Crippen MR) is 185 cm³/mol. The molecular weight excluding hydrogens is 607 g/mol. The number of aromatic amines is 1. The number of halogens is 1. The average Bonchev–Trinajstić information content (AvgIpc) is 3.65. The predicted octanol–water partition coefficient (Wildman–Crippen LogP) is 7.79. The number of fused-ring (bicyclic) bond motifs is 2. The number of nitrogens with one attached hydrogen (secondary N) is 1. The van der Waals surface area contributed by atoms with E-state index in [0.29, 0.717) is 36.5 Å². The fraction of sp³-hybridized carbons (Fsp3) is 0.282. The van der Waals surface area contributed by atoms with Crippen LogP contribution in [0.25, 0.3) is 22.0 Å². The number of nitrogens with zero attached hydrogens (tertiary/aromatic N) is 3. The van der Waals surface area contributed by atoms with Crippen LogP contribution in [0.4, 0.5) is 14.9 Å². The zero-order chi connectivity index (χ0) is 33.6. The normalized spacial score (nSPS) is 15.5. The minimum Gasteiger partial charge on any atom is -0.496 e. The molecule has 4 aromatic carbocycles. The molecule has 0 unspecified atom stereocenters. The third-order valence-electron chi connectivity index (χ3n) is 9.08. The molecule has 0 bridgehead atoms. The van der Waals surface area contributed by atoms with Gasteiger partial charge in [-0.25, -0.2) is 9.18 Å². The highest BCUT2D eigenvalue weighted by atomic mass is 19.1. The van der Waals surface area contributed by atoms with Crippen molar-refractivity contribution in [3.05, 3.63) is 119 Å². The van der Waals surface area contributed by atoms with Gasteiger partial charge in [-0.1, -0.05) is 42.5 Å². The molecule has 2 aliphatic heterocycles. The molecule has 5 aromatic rings. The first kappa shape index (κ1) is 31.3. The Hall–Kier alpha value is -5.31. The number of para-hydroxylation sites is 1. The number of piperazine rings is 1. The Morgan fingerprint density at radius 2 is 1.60 bits per heavy atom. The van der Waals surface area contributed by atoms with Crippen LogP contribution in [0.5, 0.6) is 5.75 Å². The maximum Gasteiger partial charge on any atom is 0.410 e. The van der Waals surface area contributed by atoms with E-state index in [0.717, 1.165) is 52.1 Å². The van der Waals surface area contributed by atoms with E-state index in [2.05, 4.69) is 34.1 Å². The molecule has 1 saturated heterocycles. The van der Waals surface area contributed by atoms with Crippen molar-refractivity contribution in [2.24, 2.45) is 0 Å². The van der Waals surface area contributed by atoms with E-state index in [9.17, 15) is 14.0 Å². The molecule has 2 amide bonds. The quantitative estimate of drug-likeness (QED) is 0.204. The second kappa shape index (κ2) is 12.4. The Labute approximate surface area is 279 Å². The molecule has 0 aliphatic carbocycles. The van der Waals surface area contributed by atoms with E-state index < -0.39 is 17.5 Å². The van der Waals surface area contributed by atoms with Gasteiger partial charge >= 0.3 is 6.09 Å². The van der Waals surface area contributed by atoms with Crippen molar-refractivity contribution < 1.29 is 23.5 Å². The maximum atomic E-state index is 14.7. The zero-order valence-corrected chi connectivity index (χ0v) is 27.6. The van der Waals surface area contributed by atoms with Crippen LogP contribution in [0.1, 0.15) is 54.0 Å². The third kappa shape index (κ3) is 6.08. The molecular formula is C39H39FN4O4. The summed E-state index contributed by atoms with van der Waals surface area (Å²) in [5.41, 5.74) is 6.35. The monoisotopic (exact) mass is 646 g/mol. The number of carbonyl (C=O) groups is 2. The Kier molecular flexibility index (Phi) is 8.07. The van der Waals surface area contributed by atoms with Crippen molar-refractivity contribution in [1.82, 2.24) is 14.8 Å². The standard InChI is InChI=1S/C39H39FN4O4/c1-39(2,3)48-38(46)43-19-17-42(18-20-43)30-14-11-25(12-15-30)26-9-10-28-24-44(37(45)31(28)21-26)36(32-23-29(40)13-16-35(32)47-4)34-22-27-7-5-6-8-33(27)41-34/h5-16,21-23,36,41H,17-20,24H2,1-4H3/t36-/m1/s1. The van der Waals surface area contributed by atoms with Crippen molar-refractivity contribution in [3.63, 3.8) is 0 Å². The van der Waals surface area contributed by atoms with E-state index in [1.165, 1.54) is 12.1 Å². The smallest absolute Gasteiger partial charge is 0.410 e. The van der Waals surface area contributed by atoms with Gasteiger partial charge in [-0.2, -0.15) is 0 Å². The summed E-state index contributed by atoms with van der Waals surface area (Å²) in [5.74, 6) is -0.0103. The summed E-state index contributed by atoms with van der Waals surface area (Å²) in [4.78, 5) is 36.0. The van der Waals surface area contributed by atoms with Crippen molar-refractivity contribution >= 4 is 28.6 Å². The first-order valence-electron chi connectivity index (χ1n) is 16.3. The molecule has 1 atom stereocenters. The number of rotatable bonds is 6. The lowest BCUT2D eigenvalue weighted by Crippen LogP contribution is -2.50. The largest absolute Gasteiger partial charge is 0.496 e. The highest BCUT2D eigenvalue weighted by molar-refractivity contribution is 6.00. The van der Waals surface area contributed by atoms with Gasteiger partial charge in [0.15, 0.2) is 0 Å². The topological polar surface area (TPSA) is 78.1 Å². The fourth-order valence-electron chi connectivity index (χ4n) is 6.72. The molecule has 8 nitrogen and oxygen atoms in total. The molecule has 1 N–H and O–H groups in total. The van der Waals surface area contributed by atoms with Crippen molar-refractivity contribution in [2.45, 2.75) is 39.0 Å². The zero-order valence-electron chi connectivity index (χ0n) is 27.6. The second-order valence-electron chi connectivity index (χ2n) is 13.4. The first-order chi connectivity index (χ1) is 23.1. The van der Waals surface area contributed by atoms with Crippen LogP contribution >= 0.6 is 0 Å². The molecule has 2 aliphatic rings. The summed E-state index contributed by atoms with van der Waals surface area (Å²) in [6.07, 6.45) is -0.273. The Morgan fingerprint density at radius 3 is 2.31 bits per heavy atom. The maximum absolute atomic E-state index is 14.7. The summed E-state index contributed by atoms with van der Waals surface area (Å²) in [6, 6.07) is 28.1. The lowest BCUT2D eigenvalue weighted by Gasteiger charge is -2.36. The van der Waals surface area contributed by atoms with Crippen molar-refractivity contribution in [3.8, 4) is 16.9 Å². The first-order valence-corrected chi connectivity index (χ1v) is 16.3. The van der Waals surface area contributed by atoms with E-state index in [1.54, 1.807) is 23.0 Å². The van der Waals surface area contributed by atoms with Gasteiger partial charge in [0.2, 0.25) is 0 Å². The van der Waals surface area contributed by atoms with Crippen LogP contribution in [-0.4, -0.2) is 65.7 Å². The van der Waals surface area contributed by atoms with Crippen molar-refractivity contribution in [2.75, 3.05) is 38.2 Å². The summed E-state index contributed by atoms with van der Waals surface area (Å²) >= 11 is 0. The van der Waals surface area contributed by atoms with E-state index in [4.69, 9.17) is 9.47 Å². The summed E-state index contributed by atoms with van der Waals surface area (Å²) in [6.45, 7) is 8.64. The lowest BCUT2D eigenvalue weighted by molar-refractivity contribution is 0.0240. The number of aromatic nitrogens is 1. The van der Waals surface area contributed by atoms with Crippen LogP contribution in [0.2, 0.25) is 0 Å². The summed E-state index contributed by atoms with van der Waals surface area (Å²) < 4.78 is 25.9. The number of H-pyrrole nitrogens is 1. The van der Waals surface area contributed by atoms with Crippen LogP contribution in [-0.2, 0) is 11.3 Å². The molecule has 3 heterocycles. The number of anilines is 1. The highest BCUT2D eigenvalue weighted by Gasteiger charge is 2.37. The Morgan fingerprint density at radius 1 is 0.875 bits per heavy atom. The van der Waals surface area contributed by atoms with Gasteiger partial charge in [0.1, 0.15) is 23.2 Å². The molecule has 1 aromatic heterocycles. The van der Waals surface area contributed by atoms with E-state index in [-0.39, 0.29) is 12.0 Å². The van der Waals surface area contributed by atoms with Gasteiger partial charge in [0.25, 0.3) is 5.91 Å². The number of ether oxygens (including phenoxy) is 2. The molecule has 0 spiro atoms. The highest BCUT2D eigenvalue weighted by Crippen LogP contribution is 2.41. The van der Waals surface area contributed by atoms with Gasteiger partial charge in [0.05, 0.1) is 7.11 Å². The third-order valence-corrected chi connectivity index (χ3v) is 9.08. The number of hydrogen-bond acceptors (Lipinski definition) is 5. The number of carbonyl (C=O) groups excluding carboxylic acids is 2. The molecule has 246 valence electrons. The van der Waals surface area contributed by atoms with Crippen LogP contribution in [0.15, 0.2) is 91.0 Å². The molecule has 1 fully saturated rings. The van der Waals surface area contributed by atoms with Gasteiger partial charge in [-0.3, -0.25) is 4.79 Å². The minimum absolute atomic E-state index is 0.124. The average molecular weight is 647 g/mol. The molecule has 9 heteroatoms. The number of hydrogen-bond donors (Lipinski definition) is 1. The molecule has 0 radical (unpaired) electrons.